The average Bonchev–Trinajstić information content (AvgIpc) is 3.49. The van der Waals surface area contributed by atoms with E-state index in [0.717, 1.165) is 12.1 Å². The van der Waals surface area contributed by atoms with E-state index in [1.807, 2.05) is 13.8 Å². The predicted molar refractivity (Wildman–Crippen MR) is 136 cm³/mol. The molecule has 0 unspecified atom stereocenters. The molecule has 1 fully saturated rings. The lowest BCUT2D eigenvalue weighted by atomic mass is 9.73. The zero-order chi connectivity index (χ0) is 27.4. The van der Waals surface area contributed by atoms with Crippen LogP contribution in [0, 0.1) is 17.5 Å². The number of methoxy groups -OCH3 is 2. The Bertz CT molecular complexity index is 1530. The number of carboxylic acid groups (broad SMARTS) is 1. The topological polar surface area (TPSA) is 89.4 Å². The Labute approximate surface area is 217 Å². The Balaban J connectivity index is 1.85. The van der Waals surface area contributed by atoms with Gasteiger partial charge < -0.3 is 19.1 Å². The van der Waals surface area contributed by atoms with E-state index in [4.69, 9.17) is 9.47 Å². The van der Waals surface area contributed by atoms with Crippen molar-refractivity contribution in [3.63, 3.8) is 0 Å². The molecule has 2 N–H and O–H groups in total. The molecule has 0 amide bonds. The second kappa shape index (κ2) is 9.43. The van der Waals surface area contributed by atoms with Crippen LogP contribution >= 0.6 is 0 Å². The molecule has 0 spiro atoms. The molecular formula is C28H30F3N3O4. The summed E-state index contributed by atoms with van der Waals surface area (Å²) in [6.45, 7) is 4.18. The van der Waals surface area contributed by atoms with Crippen molar-refractivity contribution in [2.24, 2.45) is 0 Å². The van der Waals surface area contributed by atoms with Gasteiger partial charge in [0.25, 0.3) is 0 Å². The first-order valence-corrected chi connectivity index (χ1v) is 12.5. The van der Waals surface area contributed by atoms with E-state index in [1.54, 1.807) is 17.7 Å². The van der Waals surface area contributed by atoms with E-state index >= 15 is 4.39 Å². The van der Waals surface area contributed by atoms with E-state index in [0.29, 0.717) is 46.1 Å². The summed E-state index contributed by atoms with van der Waals surface area (Å²) < 4.78 is 57.5. The predicted octanol–water partition coefficient (Wildman–Crippen LogP) is 5.98. The number of carboxylic acids is 1. The van der Waals surface area contributed by atoms with Crippen LogP contribution in [0.2, 0.25) is 0 Å². The minimum absolute atomic E-state index is 0.215. The van der Waals surface area contributed by atoms with E-state index in [9.17, 15) is 18.7 Å². The van der Waals surface area contributed by atoms with Crippen LogP contribution in [-0.4, -0.2) is 52.3 Å². The number of aromatic amines is 1. The maximum atomic E-state index is 16.3. The van der Waals surface area contributed by atoms with Crippen LogP contribution in [0.1, 0.15) is 56.7 Å². The van der Waals surface area contributed by atoms with Crippen molar-refractivity contribution in [3.05, 3.63) is 59.2 Å². The van der Waals surface area contributed by atoms with Crippen LogP contribution in [0.25, 0.3) is 27.5 Å². The van der Waals surface area contributed by atoms with Crippen molar-refractivity contribution in [2.75, 3.05) is 20.8 Å². The molecule has 2 aromatic heterocycles. The van der Waals surface area contributed by atoms with Gasteiger partial charge >= 0.3 is 5.97 Å². The number of nitrogens with one attached hydrogen (secondary N) is 1. The smallest absolute Gasteiger partial charge is 0.335 e. The van der Waals surface area contributed by atoms with Crippen LogP contribution in [0.4, 0.5) is 13.2 Å². The number of hydrogen-bond donors (Lipinski definition) is 2. The summed E-state index contributed by atoms with van der Waals surface area (Å²) in [6.07, 6.45) is 2.89. The molecule has 5 rings (SSSR count). The van der Waals surface area contributed by atoms with Gasteiger partial charge in [0.1, 0.15) is 5.52 Å². The Hall–Kier alpha value is -3.37. The fourth-order valence-electron chi connectivity index (χ4n) is 6.09. The van der Waals surface area contributed by atoms with Gasteiger partial charge in [0.15, 0.2) is 23.1 Å². The number of halogens is 3. The molecule has 1 saturated carbocycles. The number of ether oxygens (including phenoxy) is 2. The molecule has 0 bridgehead atoms. The van der Waals surface area contributed by atoms with E-state index < -0.39 is 34.4 Å². The lowest BCUT2D eigenvalue weighted by Crippen LogP contribution is -2.43. The molecule has 7 nitrogen and oxygen atoms in total. The van der Waals surface area contributed by atoms with Crippen molar-refractivity contribution in [1.29, 1.82) is 0 Å². The second-order valence-corrected chi connectivity index (χ2v) is 10.7. The standard InChI is InChI=1S/C28H30F3N3O4/c1-27(2,14-37-3)25-21(15-7-9-28(38-4,10-8-15)26(35)36)22-20(11-16-13-32-33-24(16)23(22)31)34(25)17-5-6-18(29)19(30)12-17/h5-6,11-13,15H,7-10,14H2,1-4H3,(H,32,33)(H,35,36). The number of carbonyl (C=O) groups is 1. The van der Waals surface area contributed by atoms with Crippen molar-refractivity contribution in [2.45, 2.75) is 56.5 Å². The normalized spacial score (nSPS) is 20.4. The van der Waals surface area contributed by atoms with E-state index in [2.05, 4.69) is 10.2 Å². The fourth-order valence-corrected chi connectivity index (χ4v) is 6.09. The number of aliphatic carboxylic acids is 1. The molecule has 38 heavy (non-hydrogen) atoms. The van der Waals surface area contributed by atoms with Gasteiger partial charge in [-0.3, -0.25) is 5.10 Å². The van der Waals surface area contributed by atoms with Crippen LogP contribution in [-0.2, 0) is 19.7 Å². The molecule has 1 aliphatic carbocycles. The number of aromatic nitrogens is 3. The van der Waals surface area contributed by atoms with Gasteiger partial charge in [0, 0.05) is 47.9 Å². The first kappa shape index (κ1) is 26.2. The zero-order valence-electron chi connectivity index (χ0n) is 21.7. The molecule has 4 aromatic rings. The van der Waals surface area contributed by atoms with E-state index in [1.165, 1.54) is 19.4 Å². The fraction of sp³-hybridized carbons (Fsp3) is 0.429. The number of nitrogens with zero attached hydrogens (tertiary/aromatic N) is 2. The molecular weight excluding hydrogens is 499 g/mol. The third kappa shape index (κ3) is 3.97. The van der Waals surface area contributed by atoms with Gasteiger partial charge in [-0.05, 0) is 55.4 Å². The van der Waals surface area contributed by atoms with Crippen molar-refractivity contribution < 1.29 is 32.5 Å². The van der Waals surface area contributed by atoms with Gasteiger partial charge in [-0.25, -0.2) is 18.0 Å². The molecule has 10 heteroatoms. The summed E-state index contributed by atoms with van der Waals surface area (Å²) in [7, 11) is 2.97. The van der Waals surface area contributed by atoms with E-state index in [-0.39, 0.29) is 30.9 Å². The number of fused-ring (bicyclic) bond motifs is 2. The number of hydrogen-bond acceptors (Lipinski definition) is 4. The summed E-state index contributed by atoms with van der Waals surface area (Å²) in [5.41, 5.74) is 0.486. The Morgan fingerprint density at radius 3 is 2.50 bits per heavy atom. The SMILES string of the molecule is COCC(C)(C)c1c(C2CCC(OC)(C(=O)O)CC2)c2c(F)c3[nH]ncc3cc2n1-c1ccc(F)c(F)c1. The van der Waals surface area contributed by atoms with Crippen LogP contribution in [0.15, 0.2) is 30.5 Å². The van der Waals surface area contributed by atoms with Crippen LogP contribution < -0.4 is 0 Å². The molecule has 0 atom stereocenters. The van der Waals surface area contributed by atoms with Gasteiger partial charge in [0.05, 0.1) is 18.3 Å². The lowest BCUT2D eigenvalue weighted by molar-refractivity contribution is -0.166. The Kier molecular flexibility index (Phi) is 6.51. The average molecular weight is 530 g/mol. The van der Waals surface area contributed by atoms with Gasteiger partial charge in [-0.1, -0.05) is 13.8 Å². The molecule has 0 radical (unpaired) electrons. The highest BCUT2D eigenvalue weighted by Crippen LogP contribution is 2.49. The molecule has 1 aliphatic rings. The van der Waals surface area contributed by atoms with Gasteiger partial charge in [0.2, 0.25) is 0 Å². The first-order chi connectivity index (χ1) is 18.0. The van der Waals surface area contributed by atoms with Crippen molar-refractivity contribution in [3.8, 4) is 5.69 Å². The summed E-state index contributed by atoms with van der Waals surface area (Å²) in [5.74, 6) is -3.73. The Morgan fingerprint density at radius 1 is 1.18 bits per heavy atom. The largest absolute Gasteiger partial charge is 0.479 e. The maximum absolute atomic E-state index is 16.3. The Morgan fingerprint density at radius 2 is 1.89 bits per heavy atom. The highest BCUT2D eigenvalue weighted by molar-refractivity contribution is 6.00. The third-order valence-corrected chi connectivity index (χ3v) is 7.93. The van der Waals surface area contributed by atoms with Gasteiger partial charge in [-0.2, -0.15) is 5.10 Å². The first-order valence-electron chi connectivity index (χ1n) is 12.5. The minimum atomic E-state index is -1.30. The van der Waals surface area contributed by atoms with Crippen molar-refractivity contribution in [1.82, 2.24) is 14.8 Å². The molecule has 0 aliphatic heterocycles. The summed E-state index contributed by atoms with van der Waals surface area (Å²) in [5, 5.41) is 17.4. The quantitative estimate of drug-likeness (QED) is 0.308. The number of rotatable bonds is 7. The summed E-state index contributed by atoms with van der Waals surface area (Å²) >= 11 is 0. The minimum Gasteiger partial charge on any atom is -0.479 e. The molecule has 202 valence electrons. The zero-order valence-corrected chi connectivity index (χ0v) is 21.7. The lowest BCUT2D eigenvalue weighted by Gasteiger charge is -2.37. The third-order valence-electron chi connectivity index (χ3n) is 7.93. The van der Waals surface area contributed by atoms with Gasteiger partial charge in [-0.15, -0.1) is 0 Å². The summed E-state index contributed by atoms with van der Waals surface area (Å²) in [4.78, 5) is 12.0. The monoisotopic (exact) mass is 529 g/mol. The molecule has 2 aromatic carbocycles. The highest BCUT2D eigenvalue weighted by Gasteiger charge is 2.45. The summed E-state index contributed by atoms with van der Waals surface area (Å²) in [6, 6.07) is 5.40. The van der Waals surface area contributed by atoms with Crippen LogP contribution in [0.5, 0.6) is 0 Å². The number of benzene rings is 2. The van der Waals surface area contributed by atoms with Crippen LogP contribution in [0.3, 0.4) is 0 Å². The second-order valence-electron chi connectivity index (χ2n) is 10.7. The number of H-pyrrole nitrogens is 1. The highest BCUT2D eigenvalue weighted by atomic mass is 19.2. The molecule has 0 saturated heterocycles. The van der Waals surface area contributed by atoms with Crippen molar-refractivity contribution >= 4 is 27.8 Å². The maximum Gasteiger partial charge on any atom is 0.335 e. The molecule has 2 heterocycles.